The lowest BCUT2D eigenvalue weighted by Gasteiger charge is -2.28. The molecule has 0 spiro atoms. The van der Waals surface area contributed by atoms with Crippen molar-refractivity contribution in [3.63, 3.8) is 0 Å². The Morgan fingerprint density at radius 1 is 1.03 bits per heavy atom. The van der Waals surface area contributed by atoms with E-state index in [0.29, 0.717) is 12.1 Å². The summed E-state index contributed by atoms with van der Waals surface area (Å²) in [6.07, 6.45) is 7.31. The number of benzene rings is 2. The zero-order chi connectivity index (χ0) is 22.5. The maximum atomic E-state index is 12.7. The Morgan fingerprint density at radius 3 is 2.44 bits per heavy atom. The Kier molecular flexibility index (Phi) is 6.74. The molecule has 2 heterocycles. The molecule has 4 rings (SSSR count). The summed E-state index contributed by atoms with van der Waals surface area (Å²) in [6, 6.07) is 16.0. The molecule has 166 valence electrons. The molecule has 1 aliphatic rings. The second-order valence-corrected chi connectivity index (χ2v) is 8.45. The standard InChI is InChI=1S/C27H31N3O2/c1-20-17-21(2)30(28-20)19-24-18-22(8-14-27(24)32-3)7-13-26(31)23-9-11-25(12-10-23)29-15-5-4-6-16-29/h7-14,17-18H,4-6,15-16,19H2,1-3H3/b13-7+. The molecule has 1 aromatic heterocycles. The quantitative estimate of drug-likeness (QED) is 0.370. The first-order valence-corrected chi connectivity index (χ1v) is 11.3. The van der Waals surface area contributed by atoms with Crippen LogP contribution in [0.15, 0.2) is 54.6 Å². The fourth-order valence-corrected chi connectivity index (χ4v) is 4.28. The second-order valence-electron chi connectivity index (χ2n) is 8.45. The number of aryl methyl sites for hydroxylation is 2. The fourth-order valence-electron chi connectivity index (χ4n) is 4.28. The zero-order valence-electron chi connectivity index (χ0n) is 19.2. The van der Waals surface area contributed by atoms with E-state index in [2.05, 4.69) is 34.3 Å². The number of anilines is 1. The summed E-state index contributed by atoms with van der Waals surface area (Å²) >= 11 is 0. The molecule has 2 aromatic carbocycles. The van der Waals surface area contributed by atoms with Crippen molar-refractivity contribution in [2.45, 2.75) is 39.7 Å². The van der Waals surface area contributed by atoms with E-state index >= 15 is 0 Å². The van der Waals surface area contributed by atoms with E-state index in [9.17, 15) is 4.79 Å². The predicted molar refractivity (Wildman–Crippen MR) is 130 cm³/mol. The number of nitrogens with zero attached hydrogens (tertiary/aromatic N) is 3. The van der Waals surface area contributed by atoms with Crippen molar-refractivity contribution in [3.05, 3.63) is 82.7 Å². The summed E-state index contributed by atoms with van der Waals surface area (Å²) in [6.45, 7) is 6.86. The van der Waals surface area contributed by atoms with Crippen LogP contribution in [0.4, 0.5) is 5.69 Å². The Labute approximate surface area is 190 Å². The van der Waals surface area contributed by atoms with Crippen molar-refractivity contribution in [1.29, 1.82) is 0 Å². The number of aromatic nitrogens is 2. The number of hydrogen-bond donors (Lipinski definition) is 0. The first kappa shape index (κ1) is 21.9. The molecule has 0 radical (unpaired) electrons. The van der Waals surface area contributed by atoms with E-state index in [0.717, 1.165) is 41.4 Å². The molecule has 1 fully saturated rings. The predicted octanol–water partition coefficient (Wildman–Crippen LogP) is 5.44. The molecule has 0 bridgehead atoms. The average Bonchev–Trinajstić information content (AvgIpc) is 3.14. The highest BCUT2D eigenvalue weighted by atomic mass is 16.5. The number of piperidine rings is 1. The molecule has 1 saturated heterocycles. The topological polar surface area (TPSA) is 47.4 Å². The molecule has 5 nitrogen and oxygen atoms in total. The molecule has 0 N–H and O–H groups in total. The van der Waals surface area contributed by atoms with Crippen molar-refractivity contribution >= 4 is 17.5 Å². The van der Waals surface area contributed by atoms with Gasteiger partial charge in [0.25, 0.3) is 0 Å². The highest BCUT2D eigenvalue weighted by Gasteiger charge is 2.12. The fraction of sp³-hybridized carbons (Fsp3) is 0.333. The van der Waals surface area contributed by atoms with Gasteiger partial charge in [-0.2, -0.15) is 5.10 Å². The largest absolute Gasteiger partial charge is 0.496 e. The Hall–Kier alpha value is -3.34. The van der Waals surface area contributed by atoms with Gasteiger partial charge in [-0.1, -0.05) is 12.1 Å². The lowest BCUT2D eigenvalue weighted by atomic mass is 10.1. The van der Waals surface area contributed by atoms with Gasteiger partial charge in [-0.05, 0) is 87.2 Å². The maximum Gasteiger partial charge on any atom is 0.185 e. The van der Waals surface area contributed by atoms with Crippen LogP contribution in [0, 0.1) is 13.8 Å². The van der Waals surface area contributed by atoms with Crippen LogP contribution in [0.2, 0.25) is 0 Å². The molecular formula is C27H31N3O2. The summed E-state index contributed by atoms with van der Waals surface area (Å²) in [5.41, 5.74) is 6.00. The number of methoxy groups -OCH3 is 1. The van der Waals surface area contributed by atoms with Gasteiger partial charge in [0.2, 0.25) is 0 Å². The summed E-state index contributed by atoms with van der Waals surface area (Å²) in [5.74, 6) is 0.820. The highest BCUT2D eigenvalue weighted by molar-refractivity contribution is 6.07. The minimum Gasteiger partial charge on any atom is -0.496 e. The number of hydrogen-bond acceptors (Lipinski definition) is 4. The minimum atomic E-state index is 0.00566. The smallest absolute Gasteiger partial charge is 0.185 e. The van der Waals surface area contributed by atoms with Crippen LogP contribution in [0.5, 0.6) is 5.75 Å². The zero-order valence-corrected chi connectivity index (χ0v) is 19.2. The lowest BCUT2D eigenvalue weighted by molar-refractivity contribution is 0.104. The molecular weight excluding hydrogens is 398 g/mol. The molecule has 1 aliphatic heterocycles. The van der Waals surface area contributed by atoms with E-state index in [1.807, 2.05) is 48.9 Å². The van der Waals surface area contributed by atoms with Gasteiger partial charge in [0.05, 0.1) is 19.3 Å². The summed E-state index contributed by atoms with van der Waals surface area (Å²) in [4.78, 5) is 15.1. The number of ether oxygens (including phenoxy) is 1. The van der Waals surface area contributed by atoms with Crippen LogP contribution in [0.25, 0.3) is 6.08 Å². The maximum absolute atomic E-state index is 12.7. The van der Waals surface area contributed by atoms with Crippen LogP contribution in [0.3, 0.4) is 0 Å². The molecule has 0 saturated carbocycles. The van der Waals surface area contributed by atoms with E-state index in [1.54, 1.807) is 13.2 Å². The van der Waals surface area contributed by atoms with Crippen LogP contribution >= 0.6 is 0 Å². The number of carbonyl (C=O) groups is 1. The molecule has 0 aliphatic carbocycles. The first-order valence-electron chi connectivity index (χ1n) is 11.3. The number of carbonyl (C=O) groups excluding carboxylic acids is 1. The third-order valence-electron chi connectivity index (χ3n) is 6.03. The SMILES string of the molecule is COc1ccc(/C=C/C(=O)c2ccc(N3CCCCC3)cc2)cc1Cn1nc(C)cc1C. The van der Waals surface area contributed by atoms with E-state index < -0.39 is 0 Å². The third kappa shape index (κ3) is 5.10. The van der Waals surface area contributed by atoms with Crippen LogP contribution < -0.4 is 9.64 Å². The van der Waals surface area contributed by atoms with Gasteiger partial charge in [-0.3, -0.25) is 9.48 Å². The average molecular weight is 430 g/mol. The molecule has 0 amide bonds. The van der Waals surface area contributed by atoms with Crippen molar-refractivity contribution in [1.82, 2.24) is 9.78 Å². The van der Waals surface area contributed by atoms with E-state index in [4.69, 9.17) is 4.74 Å². The molecule has 5 heteroatoms. The van der Waals surface area contributed by atoms with Crippen molar-refractivity contribution < 1.29 is 9.53 Å². The number of rotatable bonds is 7. The van der Waals surface area contributed by atoms with Gasteiger partial charge >= 0.3 is 0 Å². The third-order valence-corrected chi connectivity index (χ3v) is 6.03. The van der Waals surface area contributed by atoms with E-state index in [1.165, 1.54) is 24.9 Å². The Bertz CT molecular complexity index is 1110. The first-order chi connectivity index (χ1) is 15.5. The monoisotopic (exact) mass is 429 g/mol. The van der Waals surface area contributed by atoms with Gasteiger partial charge in [-0.25, -0.2) is 0 Å². The van der Waals surface area contributed by atoms with Gasteiger partial charge in [0.15, 0.2) is 5.78 Å². The van der Waals surface area contributed by atoms with Crippen LogP contribution in [-0.2, 0) is 6.54 Å². The lowest BCUT2D eigenvalue weighted by Crippen LogP contribution is -2.29. The highest BCUT2D eigenvalue weighted by Crippen LogP contribution is 2.23. The van der Waals surface area contributed by atoms with E-state index in [-0.39, 0.29) is 5.78 Å². The number of ketones is 1. The van der Waals surface area contributed by atoms with Crippen molar-refractivity contribution in [2.24, 2.45) is 0 Å². The van der Waals surface area contributed by atoms with Crippen molar-refractivity contribution in [2.75, 3.05) is 25.1 Å². The number of allylic oxidation sites excluding steroid dienone is 1. The Morgan fingerprint density at radius 2 is 1.78 bits per heavy atom. The van der Waals surface area contributed by atoms with Crippen molar-refractivity contribution in [3.8, 4) is 5.75 Å². The Balaban J connectivity index is 1.47. The van der Waals surface area contributed by atoms with Gasteiger partial charge in [0.1, 0.15) is 5.75 Å². The second kappa shape index (κ2) is 9.86. The summed E-state index contributed by atoms with van der Waals surface area (Å²) < 4.78 is 7.51. The summed E-state index contributed by atoms with van der Waals surface area (Å²) in [5, 5.41) is 4.55. The molecule has 32 heavy (non-hydrogen) atoms. The normalized spacial score (nSPS) is 14.2. The van der Waals surface area contributed by atoms with Gasteiger partial charge < -0.3 is 9.64 Å². The van der Waals surface area contributed by atoms with Gasteiger partial charge in [0, 0.05) is 35.6 Å². The summed E-state index contributed by atoms with van der Waals surface area (Å²) in [7, 11) is 1.67. The molecule has 3 aromatic rings. The minimum absolute atomic E-state index is 0.00566. The van der Waals surface area contributed by atoms with Crippen LogP contribution in [-0.4, -0.2) is 35.8 Å². The van der Waals surface area contributed by atoms with Crippen LogP contribution in [0.1, 0.15) is 52.1 Å². The van der Waals surface area contributed by atoms with Gasteiger partial charge in [-0.15, -0.1) is 0 Å². The molecule has 0 unspecified atom stereocenters. The molecule has 0 atom stereocenters.